The molecule has 0 N–H and O–H groups in total. The Labute approximate surface area is 138 Å². The molecular weight excluding hydrogens is 308 g/mol. The van der Waals surface area contributed by atoms with Crippen molar-refractivity contribution < 1.29 is 14.3 Å². The third-order valence-electron chi connectivity index (χ3n) is 3.57. The summed E-state index contributed by atoms with van der Waals surface area (Å²) in [5, 5.41) is 0. The average Bonchev–Trinajstić information content (AvgIpc) is 2.93. The number of hydrogen-bond acceptors (Lipinski definition) is 4. The number of nitrogens with zero attached hydrogens (tertiary/aromatic N) is 2. The number of carbonyl (C=O) groups is 1. The second-order valence-corrected chi connectivity index (χ2v) is 12.2. The number of methoxy groups -OCH3 is 1. The molecule has 1 aromatic carbocycles. The van der Waals surface area contributed by atoms with E-state index >= 15 is 0 Å². The zero-order valence-corrected chi connectivity index (χ0v) is 15.2. The lowest BCUT2D eigenvalue weighted by Gasteiger charge is -2.16. The predicted octanol–water partition coefficient (Wildman–Crippen LogP) is 3.68. The Bertz CT molecular complexity index is 662. The van der Waals surface area contributed by atoms with Crippen LogP contribution in [0.3, 0.4) is 0 Å². The molecule has 0 fully saturated rings. The second-order valence-electron chi connectivity index (χ2n) is 6.63. The van der Waals surface area contributed by atoms with Gasteiger partial charge in [0.05, 0.1) is 19.0 Å². The van der Waals surface area contributed by atoms with Crippen LogP contribution in [-0.2, 0) is 11.5 Å². The van der Waals surface area contributed by atoms with Crippen molar-refractivity contribution in [2.24, 2.45) is 0 Å². The van der Waals surface area contributed by atoms with Gasteiger partial charge in [-0.2, -0.15) is 0 Å². The van der Waals surface area contributed by atoms with Crippen LogP contribution in [0.25, 0.3) is 11.3 Å². The number of aldehydes is 1. The van der Waals surface area contributed by atoms with Crippen LogP contribution in [0.15, 0.2) is 30.5 Å². The summed E-state index contributed by atoms with van der Waals surface area (Å²) < 4.78 is 12.8. The van der Waals surface area contributed by atoms with Crippen LogP contribution < -0.4 is 4.74 Å². The van der Waals surface area contributed by atoms with Crippen molar-refractivity contribution in [3.63, 3.8) is 0 Å². The maximum Gasteiger partial charge on any atom is 0.185 e. The van der Waals surface area contributed by atoms with Crippen LogP contribution in [0.2, 0.25) is 25.7 Å². The maximum atomic E-state index is 11.2. The van der Waals surface area contributed by atoms with Gasteiger partial charge in [-0.3, -0.25) is 9.36 Å². The minimum Gasteiger partial charge on any atom is -0.497 e. The van der Waals surface area contributed by atoms with E-state index in [4.69, 9.17) is 9.47 Å². The van der Waals surface area contributed by atoms with Gasteiger partial charge in [-0.15, -0.1) is 0 Å². The van der Waals surface area contributed by atoms with Crippen LogP contribution >= 0.6 is 0 Å². The summed E-state index contributed by atoms with van der Waals surface area (Å²) in [7, 11) is 0.505. The third kappa shape index (κ3) is 4.77. The highest BCUT2D eigenvalue weighted by Gasteiger charge is 2.14. The first kappa shape index (κ1) is 17.4. The molecule has 6 heteroatoms. The molecule has 0 saturated heterocycles. The Kier molecular flexibility index (Phi) is 5.73. The molecule has 2 aromatic rings. The van der Waals surface area contributed by atoms with Gasteiger partial charge in [0.1, 0.15) is 12.5 Å². The molecule has 2 rings (SSSR count). The van der Waals surface area contributed by atoms with E-state index in [1.54, 1.807) is 17.9 Å². The van der Waals surface area contributed by atoms with Crippen LogP contribution in [0.4, 0.5) is 0 Å². The standard InChI is InChI=1S/C17H24N2O3Si/c1-21-15-7-5-6-14(10-15)16-11-18-17(12-20)19(16)13-22-8-9-23(2,3)4/h5-7,10-12H,8-9,13H2,1-4H3. The molecule has 0 unspecified atom stereocenters. The minimum absolute atomic E-state index is 0.325. The number of ether oxygens (including phenoxy) is 2. The summed E-state index contributed by atoms with van der Waals surface area (Å²) >= 11 is 0. The Morgan fingerprint density at radius 3 is 2.74 bits per heavy atom. The lowest BCUT2D eigenvalue weighted by Crippen LogP contribution is -2.22. The molecular formula is C17H24N2O3Si. The Morgan fingerprint density at radius 1 is 1.30 bits per heavy atom. The molecule has 0 atom stereocenters. The van der Waals surface area contributed by atoms with E-state index in [1.807, 2.05) is 24.3 Å². The van der Waals surface area contributed by atoms with Gasteiger partial charge in [0, 0.05) is 20.2 Å². The fourth-order valence-corrected chi connectivity index (χ4v) is 2.92. The van der Waals surface area contributed by atoms with Crippen molar-refractivity contribution in [1.29, 1.82) is 0 Å². The highest BCUT2D eigenvalue weighted by atomic mass is 28.3. The van der Waals surface area contributed by atoms with E-state index in [1.165, 1.54) is 0 Å². The van der Waals surface area contributed by atoms with Gasteiger partial charge in [-0.25, -0.2) is 4.98 Å². The van der Waals surface area contributed by atoms with Gasteiger partial charge >= 0.3 is 0 Å². The normalized spacial score (nSPS) is 11.5. The van der Waals surface area contributed by atoms with Gasteiger partial charge in [0.2, 0.25) is 0 Å². The lowest BCUT2D eigenvalue weighted by molar-refractivity contribution is 0.0841. The highest BCUT2D eigenvalue weighted by molar-refractivity contribution is 6.76. The monoisotopic (exact) mass is 332 g/mol. The molecule has 0 aliphatic rings. The van der Waals surface area contributed by atoms with Crippen LogP contribution in [0, 0.1) is 0 Å². The third-order valence-corrected chi connectivity index (χ3v) is 5.28. The smallest absolute Gasteiger partial charge is 0.185 e. The second kappa shape index (κ2) is 7.57. The largest absolute Gasteiger partial charge is 0.497 e. The Morgan fingerprint density at radius 2 is 2.09 bits per heavy atom. The summed E-state index contributed by atoms with van der Waals surface area (Å²) in [4.78, 5) is 15.4. The van der Waals surface area contributed by atoms with E-state index in [9.17, 15) is 4.79 Å². The molecule has 124 valence electrons. The van der Waals surface area contributed by atoms with Crippen molar-refractivity contribution in [1.82, 2.24) is 9.55 Å². The van der Waals surface area contributed by atoms with Crippen molar-refractivity contribution in [3.8, 4) is 17.0 Å². The quantitative estimate of drug-likeness (QED) is 0.420. The first-order valence-corrected chi connectivity index (χ1v) is 11.4. The van der Waals surface area contributed by atoms with E-state index in [0.29, 0.717) is 19.2 Å². The summed E-state index contributed by atoms with van der Waals surface area (Å²) in [6.45, 7) is 7.96. The molecule has 0 aliphatic heterocycles. The average molecular weight is 332 g/mol. The summed E-state index contributed by atoms with van der Waals surface area (Å²) in [6.07, 6.45) is 2.45. The molecule has 0 saturated carbocycles. The summed E-state index contributed by atoms with van der Waals surface area (Å²) in [5.41, 5.74) is 1.79. The van der Waals surface area contributed by atoms with Gasteiger partial charge < -0.3 is 9.47 Å². The van der Waals surface area contributed by atoms with Gasteiger partial charge in [-0.1, -0.05) is 31.8 Å². The van der Waals surface area contributed by atoms with E-state index < -0.39 is 8.07 Å². The first-order valence-electron chi connectivity index (χ1n) is 7.67. The molecule has 0 amide bonds. The maximum absolute atomic E-state index is 11.2. The summed E-state index contributed by atoms with van der Waals surface area (Å²) in [6, 6.07) is 8.77. The zero-order chi connectivity index (χ0) is 16.9. The molecule has 0 bridgehead atoms. The first-order chi connectivity index (χ1) is 10.9. The number of aromatic nitrogens is 2. The number of rotatable bonds is 8. The molecule has 0 spiro atoms. The van der Waals surface area contributed by atoms with Crippen LogP contribution in [-0.4, -0.2) is 37.6 Å². The van der Waals surface area contributed by atoms with Gasteiger partial charge in [-0.05, 0) is 18.2 Å². The molecule has 23 heavy (non-hydrogen) atoms. The zero-order valence-electron chi connectivity index (χ0n) is 14.2. The molecule has 5 nitrogen and oxygen atoms in total. The van der Waals surface area contributed by atoms with Crippen molar-refractivity contribution in [3.05, 3.63) is 36.3 Å². The fraction of sp³-hybridized carbons (Fsp3) is 0.412. The number of carbonyl (C=O) groups excluding carboxylic acids is 1. The van der Waals surface area contributed by atoms with Crippen LogP contribution in [0.1, 0.15) is 10.6 Å². The van der Waals surface area contributed by atoms with E-state index in [0.717, 1.165) is 29.3 Å². The molecule has 1 heterocycles. The molecule has 1 aromatic heterocycles. The van der Waals surface area contributed by atoms with E-state index in [-0.39, 0.29) is 0 Å². The van der Waals surface area contributed by atoms with Gasteiger partial charge in [0.25, 0.3) is 0 Å². The molecule has 0 aliphatic carbocycles. The Balaban J connectivity index is 2.17. The predicted molar refractivity (Wildman–Crippen MR) is 93.7 cm³/mol. The summed E-state index contributed by atoms with van der Waals surface area (Å²) in [5.74, 6) is 1.14. The topological polar surface area (TPSA) is 53.3 Å². The lowest BCUT2D eigenvalue weighted by atomic mass is 10.1. The van der Waals surface area contributed by atoms with Crippen LogP contribution in [0.5, 0.6) is 5.75 Å². The van der Waals surface area contributed by atoms with Crippen molar-refractivity contribution >= 4 is 14.4 Å². The Hall–Kier alpha value is -1.92. The van der Waals surface area contributed by atoms with Crippen molar-refractivity contribution in [2.45, 2.75) is 32.4 Å². The number of hydrogen-bond donors (Lipinski definition) is 0. The van der Waals surface area contributed by atoms with Gasteiger partial charge in [0.15, 0.2) is 12.1 Å². The fourth-order valence-electron chi connectivity index (χ4n) is 2.17. The SMILES string of the molecule is COc1cccc(-c2cnc(C=O)n2COCC[Si](C)(C)C)c1. The van der Waals surface area contributed by atoms with E-state index in [2.05, 4.69) is 24.6 Å². The molecule has 0 radical (unpaired) electrons. The number of benzene rings is 1. The minimum atomic E-state index is -1.13. The highest BCUT2D eigenvalue weighted by Crippen LogP contribution is 2.24. The number of imidazole rings is 1. The van der Waals surface area contributed by atoms with Crippen molar-refractivity contribution in [2.75, 3.05) is 13.7 Å².